The minimum atomic E-state index is -4.72. The summed E-state index contributed by atoms with van der Waals surface area (Å²) >= 11 is 6.11. The minimum Gasteiger partial charge on any atom is -0.345 e. The summed E-state index contributed by atoms with van der Waals surface area (Å²) in [7, 11) is 0. The van der Waals surface area contributed by atoms with E-state index in [1.165, 1.54) is 6.07 Å². The first-order chi connectivity index (χ1) is 16.7. The molecule has 0 aliphatic heterocycles. The molecular weight excluding hydrogens is 481 g/mol. The van der Waals surface area contributed by atoms with Crippen LogP contribution in [0.3, 0.4) is 0 Å². The lowest BCUT2D eigenvalue weighted by Crippen LogP contribution is -2.24. The van der Waals surface area contributed by atoms with Crippen LogP contribution in [0.4, 0.5) is 13.2 Å². The van der Waals surface area contributed by atoms with E-state index in [9.17, 15) is 18.0 Å². The quantitative estimate of drug-likeness (QED) is 0.353. The summed E-state index contributed by atoms with van der Waals surface area (Å²) in [6, 6.07) is 15.0. The molecule has 0 spiro atoms. The van der Waals surface area contributed by atoms with E-state index in [-0.39, 0.29) is 23.6 Å². The maximum absolute atomic E-state index is 13.9. The smallest absolute Gasteiger partial charge is 0.345 e. The van der Waals surface area contributed by atoms with E-state index >= 15 is 0 Å². The molecule has 0 saturated heterocycles. The third kappa shape index (κ3) is 4.44. The highest BCUT2D eigenvalue weighted by Crippen LogP contribution is 2.33. The van der Waals surface area contributed by atoms with Gasteiger partial charge in [0, 0.05) is 24.4 Å². The van der Waals surface area contributed by atoms with Crippen LogP contribution in [-0.4, -0.2) is 30.3 Å². The van der Waals surface area contributed by atoms with E-state index in [1.54, 1.807) is 23.0 Å². The number of amides is 1. The molecule has 0 aliphatic rings. The number of benzene rings is 2. The largest absolute Gasteiger partial charge is 0.433 e. The molecule has 0 bridgehead atoms. The fraction of sp³-hybridized carbons (Fsp3) is 0.167. The second-order valence-corrected chi connectivity index (χ2v) is 8.26. The zero-order valence-electron chi connectivity index (χ0n) is 18.3. The number of alkyl halides is 3. The molecule has 2 aromatic carbocycles. The molecule has 11 heteroatoms. The van der Waals surface area contributed by atoms with Crippen molar-refractivity contribution in [1.29, 1.82) is 0 Å². The van der Waals surface area contributed by atoms with Gasteiger partial charge < -0.3 is 5.32 Å². The van der Waals surface area contributed by atoms with E-state index in [0.717, 1.165) is 16.8 Å². The van der Waals surface area contributed by atoms with Crippen molar-refractivity contribution in [1.82, 2.24) is 29.7 Å². The number of halogens is 4. The molecule has 5 rings (SSSR count). The molecule has 5 aromatic rings. The Morgan fingerprint density at radius 3 is 2.54 bits per heavy atom. The van der Waals surface area contributed by atoms with E-state index in [2.05, 4.69) is 20.5 Å². The molecule has 0 radical (unpaired) electrons. The summed E-state index contributed by atoms with van der Waals surface area (Å²) in [6.07, 6.45) is -3.09. The summed E-state index contributed by atoms with van der Waals surface area (Å²) in [5.74, 6) is -0.669. The van der Waals surface area contributed by atoms with E-state index in [4.69, 9.17) is 11.6 Å². The molecule has 35 heavy (non-hydrogen) atoms. The van der Waals surface area contributed by atoms with Gasteiger partial charge in [0.15, 0.2) is 17.0 Å². The fourth-order valence-corrected chi connectivity index (χ4v) is 3.97. The van der Waals surface area contributed by atoms with Crippen LogP contribution >= 0.6 is 11.6 Å². The van der Waals surface area contributed by atoms with Gasteiger partial charge in [-0.15, -0.1) is 0 Å². The molecule has 0 atom stereocenters. The number of aryl methyl sites for hydroxylation is 1. The topological polar surface area (TPSA) is 77.1 Å². The van der Waals surface area contributed by atoms with Crippen LogP contribution in [0.5, 0.6) is 0 Å². The van der Waals surface area contributed by atoms with Crippen LogP contribution in [0, 0.1) is 0 Å². The van der Waals surface area contributed by atoms with E-state index in [1.807, 2.05) is 37.3 Å². The fourth-order valence-electron chi connectivity index (χ4n) is 3.76. The number of fused-ring (bicyclic) bond motifs is 2. The van der Waals surface area contributed by atoms with Gasteiger partial charge in [0.2, 0.25) is 0 Å². The number of rotatable bonds is 5. The lowest BCUT2D eigenvalue weighted by molar-refractivity contribution is -0.142. The van der Waals surface area contributed by atoms with Gasteiger partial charge in [0.1, 0.15) is 5.69 Å². The third-order valence-electron chi connectivity index (χ3n) is 5.52. The van der Waals surface area contributed by atoms with Gasteiger partial charge in [0.25, 0.3) is 5.91 Å². The highest BCUT2D eigenvalue weighted by atomic mass is 35.5. The van der Waals surface area contributed by atoms with Gasteiger partial charge in [0.05, 0.1) is 17.3 Å². The van der Waals surface area contributed by atoms with Crippen LogP contribution in [0.2, 0.25) is 5.02 Å². The summed E-state index contributed by atoms with van der Waals surface area (Å²) < 4.78 is 44.0. The van der Waals surface area contributed by atoms with Crippen LogP contribution in [-0.2, 0) is 19.3 Å². The van der Waals surface area contributed by atoms with Crippen LogP contribution in [0.1, 0.15) is 28.8 Å². The molecule has 3 aromatic heterocycles. The summed E-state index contributed by atoms with van der Waals surface area (Å²) in [5, 5.41) is 12.9. The van der Waals surface area contributed by atoms with E-state index in [0.29, 0.717) is 27.3 Å². The Hall–Kier alpha value is -3.92. The molecule has 7 nitrogen and oxygen atoms in total. The molecule has 0 aliphatic carbocycles. The predicted octanol–water partition coefficient (Wildman–Crippen LogP) is 5.37. The highest BCUT2D eigenvalue weighted by Gasteiger charge is 2.35. The summed E-state index contributed by atoms with van der Waals surface area (Å²) in [6.45, 7) is 2.49. The first-order valence-electron chi connectivity index (χ1n) is 10.7. The first-order valence-corrected chi connectivity index (χ1v) is 11.1. The third-order valence-corrected chi connectivity index (χ3v) is 5.84. The number of hydrogen-bond acceptors (Lipinski definition) is 4. The van der Waals surface area contributed by atoms with Crippen LogP contribution in [0.25, 0.3) is 27.7 Å². The van der Waals surface area contributed by atoms with Gasteiger partial charge >= 0.3 is 6.18 Å². The lowest BCUT2D eigenvalue weighted by Gasteiger charge is -2.11. The maximum atomic E-state index is 13.9. The van der Waals surface area contributed by atoms with Gasteiger partial charge in [-0.3, -0.25) is 9.48 Å². The van der Waals surface area contributed by atoms with Crippen molar-refractivity contribution in [2.24, 2.45) is 0 Å². The maximum Gasteiger partial charge on any atom is 0.433 e. The number of nitrogens with one attached hydrogen (secondary N) is 1. The molecule has 3 heterocycles. The Morgan fingerprint density at radius 2 is 1.83 bits per heavy atom. The average molecular weight is 499 g/mol. The predicted molar refractivity (Wildman–Crippen MR) is 125 cm³/mol. The van der Waals surface area contributed by atoms with Gasteiger partial charge in [-0.25, -0.2) is 9.50 Å². The van der Waals surface area contributed by atoms with Crippen molar-refractivity contribution in [2.75, 3.05) is 0 Å². The molecule has 0 unspecified atom stereocenters. The number of nitrogens with zero attached hydrogens (tertiary/aromatic N) is 5. The second-order valence-electron chi connectivity index (χ2n) is 7.85. The molecule has 0 saturated carbocycles. The standard InChI is InChI=1S/C24H18ClF3N6O/c1-2-33-13-17(25)20(31-33)12-29-23(35)19-11-22-30-18(10-21(24(26,27)28)34(22)32-19)16-8-7-14-5-3-4-6-15(14)9-16/h3-11,13H,2,12H2,1H3,(H,29,35). The van der Waals surface area contributed by atoms with Crippen molar-refractivity contribution in [3.05, 3.63) is 82.9 Å². The number of carbonyl (C=O) groups excluding carboxylic acids is 1. The second kappa shape index (κ2) is 8.70. The minimum absolute atomic E-state index is 0.000431. The molecule has 1 amide bonds. The van der Waals surface area contributed by atoms with Gasteiger partial charge in [-0.2, -0.15) is 23.4 Å². The van der Waals surface area contributed by atoms with Crippen LogP contribution < -0.4 is 5.32 Å². The highest BCUT2D eigenvalue weighted by molar-refractivity contribution is 6.31. The van der Waals surface area contributed by atoms with E-state index < -0.39 is 17.8 Å². The zero-order chi connectivity index (χ0) is 24.7. The van der Waals surface area contributed by atoms with Crippen molar-refractivity contribution in [3.63, 3.8) is 0 Å². The van der Waals surface area contributed by atoms with Crippen molar-refractivity contribution in [2.45, 2.75) is 26.2 Å². The molecule has 178 valence electrons. The van der Waals surface area contributed by atoms with Crippen LogP contribution in [0.15, 0.2) is 60.8 Å². The lowest BCUT2D eigenvalue weighted by atomic mass is 10.0. The monoisotopic (exact) mass is 498 g/mol. The number of hydrogen-bond donors (Lipinski definition) is 1. The Morgan fingerprint density at radius 1 is 1.06 bits per heavy atom. The normalized spacial score (nSPS) is 11.9. The summed E-state index contributed by atoms with van der Waals surface area (Å²) in [5.41, 5.74) is -0.247. The number of carbonyl (C=O) groups is 1. The first kappa shape index (κ1) is 22.9. The summed E-state index contributed by atoms with van der Waals surface area (Å²) in [4.78, 5) is 17.0. The SMILES string of the molecule is CCn1cc(Cl)c(CNC(=O)c2cc3nc(-c4ccc5ccccc5c4)cc(C(F)(F)F)n3n2)n1. The Labute approximate surface area is 202 Å². The van der Waals surface area contributed by atoms with Gasteiger partial charge in [-0.1, -0.05) is 48.0 Å². The van der Waals surface area contributed by atoms with Gasteiger partial charge in [-0.05, 0) is 29.8 Å². The molecular formula is C24H18ClF3N6O. The number of aromatic nitrogens is 5. The Balaban J connectivity index is 1.51. The Kier molecular flexibility index (Phi) is 5.68. The van der Waals surface area contributed by atoms with Crippen molar-refractivity contribution in [3.8, 4) is 11.3 Å². The van der Waals surface area contributed by atoms with Crippen molar-refractivity contribution >= 4 is 33.9 Å². The average Bonchev–Trinajstić information content (AvgIpc) is 3.44. The molecule has 0 fully saturated rings. The van der Waals surface area contributed by atoms with Crippen molar-refractivity contribution < 1.29 is 18.0 Å². The Bertz CT molecular complexity index is 1570. The molecule has 1 N–H and O–H groups in total. The zero-order valence-corrected chi connectivity index (χ0v) is 19.1.